The lowest BCUT2D eigenvalue weighted by molar-refractivity contribution is -0.385. The molecule has 0 saturated carbocycles. The second kappa shape index (κ2) is 13.1. The number of rotatable bonds is 12. The van der Waals surface area contributed by atoms with Crippen LogP contribution in [-0.4, -0.2) is 54.3 Å². The van der Waals surface area contributed by atoms with Crippen LogP contribution in [0.5, 0.6) is 23.0 Å². The van der Waals surface area contributed by atoms with Crippen molar-refractivity contribution in [2.24, 2.45) is 0 Å². The summed E-state index contributed by atoms with van der Waals surface area (Å²) in [4.78, 5) is 24.3. The Morgan fingerprint density at radius 1 is 0.902 bits per heavy atom. The number of nitro groups is 1. The van der Waals surface area contributed by atoms with E-state index in [1.165, 1.54) is 39.2 Å². The average molecular weight is 561 g/mol. The first-order valence-electron chi connectivity index (χ1n) is 12.3. The Balaban J connectivity index is 1.59. The van der Waals surface area contributed by atoms with E-state index in [9.17, 15) is 14.9 Å². The summed E-state index contributed by atoms with van der Waals surface area (Å²) < 4.78 is 28.5. The largest absolute Gasteiger partial charge is 0.493 e. The highest BCUT2D eigenvalue weighted by atomic mass is 16.6. The molecule has 0 N–H and O–H groups in total. The van der Waals surface area contributed by atoms with E-state index in [2.05, 4.69) is 10.3 Å². The van der Waals surface area contributed by atoms with Gasteiger partial charge in [0.25, 0.3) is 5.69 Å². The zero-order chi connectivity index (χ0) is 29.4. The maximum atomic E-state index is 13.4. The van der Waals surface area contributed by atoms with Gasteiger partial charge in [-0.15, -0.1) is 5.10 Å². The Kier molecular flexibility index (Phi) is 9.15. The number of carbonyl (C=O) groups excluding carboxylic acids is 1. The minimum Gasteiger partial charge on any atom is -0.493 e. The van der Waals surface area contributed by atoms with Crippen LogP contribution in [0.1, 0.15) is 22.4 Å². The Morgan fingerprint density at radius 3 is 2.24 bits per heavy atom. The van der Waals surface area contributed by atoms with Gasteiger partial charge in [-0.25, -0.2) is 9.48 Å². The number of ether oxygens (including phenoxy) is 5. The number of nitrogens with zero attached hydrogens (tertiary/aromatic N) is 4. The van der Waals surface area contributed by atoms with Crippen molar-refractivity contribution < 1.29 is 33.4 Å². The third-order valence-electron chi connectivity index (χ3n) is 6.09. The molecule has 0 bridgehead atoms. The van der Waals surface area contributed by atoms with Crippen LogP contribution in [-0.2, 0) is 22.7 Å². The standard InChI is InChI=1S/C29H28N4O8/c1-37-25-11-9-19(14-27(25)39-3)13-23(20-10-12-26(38-2)28(15-20)40-4)29(34)41-18-22-17-32(31-30-22)16-21-7-5-6-8-24(21)33(35)36/h5-15,17H,16,18H2,1-4H3/b23-13+. The van der Waals surface area contributed by atoms with Crippen LogP contribution in [0.4, 0.5) is 5.69 Å². The van der Waals surface area contributed by atoms with E-state index >= 15 is 0 Å². The molecule has 1 heterocycles. The molecule has 212 valence electrons. The summed E-state index contributed by atoms with van der Waals surface area (Å²) in [7, 11) is 6.09. The van der Waals surface area contributed by atoms with Gasteiger partial charge in [0.1, 0.15) is 12.3 Å². The normalized spacial score (nSPS) is 11.1. The molecule has 0 aliphatic heterocycles. The van der Waals surface area contributed by atoms with Crippen molar-refractivity contribution in [2.75, 3.05) is 28.4 Å². The minimum absolute atomic E-state index is 0.0177. The highest BCUT2D eigenvalue weighted by Gasteiger charge is 2.19. The Morgan fingerprint density at radius 2 is 1.56 bits per heavy atom. The van der Waals surface area contributed by atoms with Gasteiger partial charge in [0.05, 0.1) is 57.2 Å². The second-order valence-corrected chi connectivity index (χ2v) is 8.61. The van der Waals surface area contributed by atoms with E-state index in [1.54, 1.807) is 66.9 Å². The molecule has 3 aromatic carbocycles. The molecule has 0 amide bonds. The molecule has 0 saturated heterocycles. The van der Waals surface area contributed by atoms with E-state index < -0.39 is 10.9 Å². The average Bonchev–Trinajstić information content (AvgIpc) is 3.45. The molecular weight excluding hydrogens is 532 g/mol. The first-order chi connectivity index (χ1) is 19.9. The van der Waals surface area contributed by atoms with Crippen LogP contribution in [0.3, 0.4) is 0 Å². The van der Waals surface area contributed by atoms with Crippen molar-refractivity contribution in [3.8, 4) is 23.0 Å². The fourth-order valence-electron chi connectivity index (χ4n) is 4.07. The third kappa shape index (κ3) is 6.79. The topological polar surface area (TPSA) is 137 Å². The number of para-hydroxylation sites is 1. The predicted molar refractivity (Wildman–Crippen MR) is 149 cm³/mol. The summed E-state index contributed by atoms with van der Waals surface area (Å²) in [5.74, 6) is 1.36. The number of carbonyl (C=O) groups is 1. The van der Waals surface area contributed by atoms with E-state index in [-0.39, 0.29) is 24.4 Å². The van der Waals surface area contributed by atoms with Crippen molar-refractivity contribution >= 4 is 23.3 Å². The van der Waals surface area contributed by atoms with Crippen LogP contribution < -0.4 is 18.9 Å². The zero-order valence-electron chi connectivity index (χ0n) is 22.9. The SMILES string of the molecule is COc1ccc(/C=C(/C(=O)OCc2cn(Cc3ccccc3[N+](=O)[O-])nn2)c2ccc(OC)c(OC)c2)cc1OC. The quantitative estimate of drug-likeness (QED) is 0.0797. The molecule has 0 fully saturated rings. The molecule has 12 heteroatoms. The predicted octanol–water partition coefficient (Wildman–Crippen LogP) is 4.55. The van der Waals surface area contributed by atoms with Gasteiger partial charge in [-0.3, -0.25) is 10.1 Å². The van der Waals surface area contributed by atoms with E-state index in [4.69, 9.17) is 23.7 Å². The second-order valence-electron chi connectivity index (χ2n) is 8.61. The fraction of sp³-hybridized carbons (Fsp3) is 0.207. The number of benzene rings is 3. The van der Waals surface area contributed by atoms with Crippen molar-refractivity contribution in [1.29, 1.82) is 0 Å². The van der Waals surface area contributed by atoms with E-state index in [1.807, 2.05) is 0 Å². The first-order valence-corrected chi connectivity index (χ1v) is 12.3. The van der Waals surface area contributed by atoms with E-state index in [0.29, 0.717) is 45.4 Å². The number of methoxy groups -OCH3 is 4. The van der Waals surface area contributed by atoms with Gasteiger partial charge in [0, 0.05) is 6.07 Å². The fourth-order valence-corrected chi connectivity index (χ4v) is 4.07. The van der Waals surface area contributed by atoms with Gasteiger partial charge in [-0.2, -0.15) is 0 Å². The van der Waals surface area contributed by atoms with Crippen molar-refractivity contribution in [3.05, 3.63) is 99.4 Å². The highest BCUT2D eigenvalue weighted by Crippen LogP contribution is 2.33. The number of esters is 1. The smallest absolute Gasteiger partial charge is 0.339 e. The lowest BCUT2D eigenvalue weighted by Gasteiger charge is -2.13. The molecule has 12 nitrogen and oxygen atoms in total. The van der Waals surface area contributed by atoms with Gasteiger partial charge in [0.2, 0.25) is 0 Å². The summed E-state index contributed by atoms with van der Waals surface area (Å²) in [6.45, 7) is -0.0412. The molecular formula is C29H28N4O8. The summed E-state index contributed by atoms with van der Waals surface area (Å²) in [5.41, 5.74) is 2.26. The minimum atomic E-state index is -0.625. The lowest BCUT2D eigenvalue weighted by atomic mass is 10.0. The van der Waals surface area contributed by atoms with Crippen LogP contribution in [0.2, 0.25) is 0 Å². The summed E-state index contributed by atoms with van der Waals surface area (Å²) in [6, 6.07) is 16.7. The van der Waals surface area contributed by atoms with Crippen molar-refractivity contribution in [2.45, 2.75) is 13.2 Å². The van der Waals surface area contributed by atoms with Gasteiger partial charge in [-0.05, 0) is 41.5 Å². The highest BCUT2D eigenvalue weighted by molar-refractivity contribution is 6.21. The van der Waals surface area contributed by atoms with Crippen LogP contribution in [0.15, 0.2) is 66.9 Å². The molecule has 0 aliphatic rings. The molecule has 0 unspecified atom stereocenters. The van der Waals surface area contributed by atoms with Crippen LogP contribution in [0, 0.1) is 10.1 Å². The van der Waals surface area contributed by atoms with Gasteiger partial charge < -0.3 is 23.7 Å². The van der Waals surface area contributed by atoms with Crippen LogP contribution >= 0.6 is 0 Å². The Hall–Kier alpha value is -5.39. The first kappa shape index (κ1) is 28.6. The summed E-state index contributed by atoms with van der Waals surface area (Å²) >= 11 is 0. The third-order valence-corrected chi connectivity index (χ3v) is 6.09. The Bertz CT molecular complexity index is 1580. The molecule has 0 aliphatic carbocycles. The van der Waals surface area contributed by atoms with Crippen molar-refractivity contribution in [3.63, 3.8) is 0 Å². The molecule has 0 spiro atoms. The Labute approximate surface area is 235 Å². The zero-order valence-corrected chi connectivity index (χ0v) is 22.9. The van der Waals surface area contributed by atoms with Crippen molar-refractivity contribution in [1.82, 2.24) is 15.0 Å². The summed E-state index contributed by atoms with van der Waals surface area (Å²) in [6.07, 6.45) is 3.23. The monoisotopic (exact) mass is 560 g/mol. The maximum Gasteiger partial charge on any atom is 0.339 e. The molecule has 0 atom stereocenters. The van der Waals surface area contributed by atoms with Gasteiger partial charge in [0.15, 0.2) is 23.0 Å². The molecule has 41 heavy (non-hydrogen) atoms. The molecule has 1 aromatic heterocycles. The number of aromatic nitrogens is 3. The lowest BCUT2D eigenvalue weighted by Crippen LogP contribution is -2.08. The maximum absolute atomic E-state index is 13.4. The molecule has 4 rings (SSSR count). The number of hydrogen-bond donors (Lipinski definition) is 0. The molecule has 4 aromatic rings. The number of hydrogen-bond acceptors (Lipinski definition) is 10. The number of nitro benzene ring substituents is 1. The van der Waals surface area contributed by atoms with Gasteiger partial charge >= 0.3 is 5.97 Å². The van der Waals surface area contributed by atoms with Gasteiger partial charge in [-0.1, -0.05) is 35.5 Å². The van der Waals surface area contributed by atoms with Crippen LogP contribution in [0.25, 0.3) is 11.6 Å². The van der Waals surface area contributed by atoms with E-state index in [0.717, 1.165) is 0 Å². The summed E-state index contributed by atoms with van der Waals surface area (Å²) in [5, 5.41) is 19.4. The molecule has 0 radical (unpaired) electrons.